The molecule has 0 spiro atoms. The number of carboxylic acid groups (broad SMARTS) is 1. The first-order chi connectivity index (χ1) is 10.5. The Labute approximate surface area is 127 Å². The number of carbonyl (C=O) groups is 2. The van der Waals surface area contributed by atoms with Gasteiger partial charge in [0.2, 0.25) is 5.91 Å². The van der Waals surface area contributed by atoms with Crippen molar-refractivity contribution >= 4 is 17.6 Å². The molecule has 0 aliphatic heterocycles. The van der Waals surface area contributed by atoms with E-state index in [1.54, 1.807) is 48.3 Å². The summed E-state index contributed by atoms with van der Waals surface area (Å²) in [6, 6.07) is 6.29. The summed E-state index contributed by atoms with van der Waals surface area (Å²) in [5.74, 6) is -0.785. The lowest BCUT2D eigenvalue weighted by atomic mass is 10.2. The minimum Gasteiger partial charge on any atom is -0.482 e. The third-order valence-electron chi connectivity index (χ3n) is 3.12. The second-order valence-corrected chi connectivity index (χ2v) is 4.81. The Morgan fingerprint density at radius 2 is 2.23 bits per heavy atom. The summed E-state index contributed by atoms with van der Waals surface area (Å²) in [4.78, 5) is 22.6. The summed E-state index contributed by atoms with van der Waals surface area (Å²) in [7, 11) is 0. The van der Waals surface area contributed by atoms with Crippen molar-refractivity contribution < 1.29 is 19.4 Å². The van der Waals surface area contributed by atoms with Crippen molar-refractivity contribution in [1.29, 1.82) is 0 Å². The number of ether oxygens (including phenoxy) is 1. The van der Waals surface area contributed by atoms with Crippen LogP contribution in [0.15, 0.2) is 36.7 Å². The van der Waals surface area contributed by atoms with Crippen molar-refractivity contribution in [2.24, 2.45) is 0 Å². The summed E-state index contributed by atoms with van der Waals surface area (Å²) in [5.41, 5.74) is 1.43. The van der Waals surface area contributed by atoms with Crippen molar-refractivity contribution in [3.05, 3.63) is 42.2 Å². The molecule has 2 rings (SSSR count). The molecule has 1 unspecified atom stereocenters. The zero-order chi connectivity index (χ0) is 16.1. The fraction of sp³-hybridized carbons (Fsp3) is 0.267. The Bertz CT molecular complexity index is 667. The average molecular weight is 303 g/mol. The SMILES string of the molecule is Cc1cc(OCC(=O)O)ccc1NC(=O)C(C)n1cccn1. The number of aryl methyl sites for hydroxylation is 1. The molecule has 1 heterocycles. The zero-order valence-electron chi connectivity index (χ0n) is 12.3. The van der Waals surface area contributed by atoms with Crippen LogP contribution in [-0.4, -0.2) is 33.4 Å². The maximum Gasteiger partial charge on any atom is 0.341 e. The van der Waals surface area contributed by atoms with Gasteiger partial charge in [-0.1, -0.05) is 0 Å². The van der Waals surface area contributed by atoms with Gasteiger partial charge < -0.3 is 15.2 Å². The molecule has 1 atom stereocenters. The minimum absolute atomic E-state index is 0.189. The van der Waals surface area contributed by atoms with Gasteiger partial charge in [-0.05, 0) is 43.7 Å². The summed E-state index contributed by atoms with van der Waals surface area (Å²) < 4.78 is 6.65. The molecule has 1 amide bonds. The molecule has 7 heteroatoms. The van der Waals surface area contributed by atoms with E-state index in [4.69, 9.17) is 9.84 Å². The van der Waals surface area contributed by atoms with E-state index < -0.39 is 18.6 Å². The number of anilines is 1. The number of carbonyl (C=O) groups excluding carboxylic acids is 1. The molecule has 0 aliphatic carbocycles. The molecule has 0 bridgehead atoms. The lowest BCUT2D eigenvalue weighted by Crippen LogP contribution is -2.24. The van der Waals surface area contributed by atoms with Crippen LogP contribution in [0.4, 0.5) is 5.69 Å². The fourth-order valence-corrected chi connectivity index (χ4v) is 1.88. The van der Waals surface area contributed by atoms with E-state index >= 15 is 0 Å². The number of hydrogen-bond donors (Lipinski definition) is 2. The monoisotopic (exact) mass is 303 g/mol. The summed E-state index contributed by atoms with van der Waals surface area (Å²) in [5, 5.41) is 15.4. The van der Waals surface area contributed by atoms with Gasteiger partial charge in [0.1, 0.15) is 11.8 Å². The summed E-state index contributed by atoms with van der Waals surface area (Å²) >= 11 is 0. The van der Waals surface area contributed by atoms with Gasteiger partial charge in [0.05, 0.1) is 0 Å². The molecule has 116 valence electrons. The molecule has 7 nitrogen and oxygen atoms in total. The molecule has 0 radical (unpaired) electrons. The highest BCUT2D eigenvalue weighted by Gasteiger charge is 2.16. The van der Waals surface area contributed by atoms with E-state index in [0.29, 0.717) is 11.4 Å². The number of benzene rings is 1. The molecular formula is C15H17N3O4. The third-order valence-corrected chi connectivity index (χ3v) is 3.12. The topological polar surface area (TPSA) is 93.5 Å². The Balaban J connectivity index is 2.03. The lowest BCUT2D eigenvalue weighted by Gasteiger charge is -2.15. The Morgan fingerprint density at radius 3 is 2.82 bits per heavy atom. The Kier molecular flexibility index (Phi) is 4.77. The van der Waals surface area contributed by atoms with Gasteiger partial charge >= 0.3 is 5.97 Å². The summed E-state index contributed by atoms with van der Waals surface area (Å²) in [6.45, 7) is 3.16. The van der Waals surface area contributed by atoms with Crippen molar-refractivity contribution in [3.8, 4) is 5.75 Å². The fourth-order valence-electron chi connectivity index (χ4n) is 1.88. The van der Waals surface area contributed by atoms with Crippen molar-refractivity contribution in [2.45, 2.75) is 19.9 Å². The van der Waals surface area contributed by atoms with Crippen molar-refractivity contribution in [2.75, 3.05) is 11.9 Å². The van der Waals surface area contributed by atoms with Crippen molar-refractivity contribution in [1.82, 2.24) is 9.78 Å². The molecule has 2 aromatic rings. The lowest BCUT2D eigenvalue weighted by molar-refractivity contribution is -0.139. The van der Waals surface area contributed by atoms with Crippen LogP contribution in [0.3, 0.4) is 0 Å². The molecule has 0 saturated carbocycles. The van der Waals surface area contributed by atoms with Crippen LogP contribution >= 0.6 is 0 Å². The van der Waals surface area contributed by atoms with Gasteiger partial charge in [-0.15, -0.1) is 0 Å². The zero-order valence-corrected chi connectivity index (χ0v) is 12.3. The number of nitrogens with zero attached hydrogens (tertiary/aromatic N) is 2. The highest BCUT2D eigenvalue weighted by Crippen LogP contribution is 2.22. The molecule has 1 aromatic heterocycles. The standard InChI is InChI=1S/C15H17N3O4/c1-10-8-12(22-9-14(19)20)4-5-13(10)17-15(21)11(2)18-7-3-6-16-18/h3-8,11H,9H2,1-2H3,(H,17,21)(H,19,20). The van der Waals surface area contributed by atoms with E-state index in [9.17, 15) is 9.59 Å². The van der Waals surface area contributed by atoms with Gasteiger partial charge in [0, 0.05) is 18.1 Å². The van der Waals surface area contributed by atoms with Crippen LogP contribution in [-0.2, 0) is 9.59 Å². The minimum atomic E-state index is -1.04. The van der Waals surface area contributed by atoms with Crippen LogP contribution in [0, 0.1) is 6.92 Å². The predicted octanol–water partition coefficient (Wildman–Crippen LogP) is 1.85. The smallest absolute Gasteiger partial charge is 0.341 e. The van der Waals surface area contributed by atoms with E-state index in [0.717, 1.165) is 5.56 Å². The second-order valence-electron chi connectivity index (χ2n) is 4.81. The van der Waals surface area contributed by atoms with Gasteiger partial charge in [-0.2, -0.15) is 5.10 Å². The number of carboxylic acids is 1. The molecular weight excluding hydrogens is 286 g/mol. The predicted molar refractivity (Wildman–Crippen MR) is 79.9 cm³/mol. The van der Waals surface area contributed by atoms with E-state index in [1.807, 2.05) is 6.92 Å². The van der Waals surface area contributed by atoms with Crippen molar-refractivity contribution in [3.63, 3.8) is 0 Å². The first kappa shape index (κ1) is 15.6. The van der Waals surface area contributed by atoms with E-state index in [-0.39, 0.29) is 5.91 Å². The molecule has 2 N–H and O–H groups in total. The molecule has 0 saturated heterocycles. The summed E-state index contributed by atoms with van der Waals surface area (Å²) in [6.07, 6.45) is 3.34. The van der Waals surface area contributed by atoms with Crippen LogP contribution in [0.25, 0.3) is 0 Å². The normalized spacial score (nSPS) is 11.7. The van der Waals surface area contributed by atoms with Gasteiger partial charge in [-0.25, -0.2) is 4.79 Å². The maximum atomic E-state index is 12.2. The number of aromatic nitrogens is 2. The number of amides is 1. The van der Waals surface area contributed by atoms with E-state index in [2.05, 4.69) is 10.4 Å². The second kappa shape index (κ2) is 6.75. The number of hydrogen-bond acceptors (Lipinski definition) is 4. The van der Waals surface area contributed by atoms with E-state index in [1.165, 1.54) is 0 Å². The van der Waals surface area contributed by atoms with Crippen LogP contribution in [0.5, 0.6) is 5.75 Å². The van der Waals surface area contributed by atoms with Crippen LogP contribution in [0.1, 0.15) is 18.5 Å². The number of aliphatic carboxylic acids is 1. The van der Waals surface area contributed by atoms with Gasteiger partial charge in [-0.3, -0.25) is 9.48 Å². The first-order valence-corrected chi connectivity index (χ1v) is 6.72. The maximum absolute atomic E-state index is 12.2. The largest absolute Gasteiger partial charge is 0.482 e. The number of nitrogens with one attached hydrogen (secondary N) is 1. The van der Waals surface area contributed by atoms with Crippen LogP contribution in [0.2, 0.25) is 0 Å². The van der Waals surface area contributed by atoms with Gasteiger partial charge in [0.25, 0.3) is 0 Å². The highest BCUT2D eigenvalue weighted by molar-refractivity contribution is 5.94. The molecule has 22 heavy (non-hydrogen) atoms. The quantitative estimate of drug-likeness (QED) is 0.849. The molecule has 1 aromatic carbocycles. The highest BCUT2D eigenvalue weighted by atomic mass is 16.5. The van der Waals surface area contributed by atoms with Crippen LogP contribution < -0.4 is 10.1 Å². The third kappa shape index (κ3) is 3.85. The Hall–Kier alpha value is -2.83. The molecule has 0 aliphatic rings. The molecule has 0 fully saturated rings. The average Bonchev–Trinajstić information content (AvgIpc) is 3.00. The Morgan fingerprint density at radius 1 is 1.45 bits per heavy atom. The van der Waals surface area contributed by atoms with Gasteiger partial charge in [0.15, 0.2) is 6.61 Å². The first-order valence-electron chi connectivity index (χ1n) is 6.72. The number of rotatable bonds is 6.